The lowest BCUT2D eigenvalue weighted by atomic mass is 10.0. The highest BCUT2D eigenvalue weighted by atomic mass is 16.5. The van der Waals surface area contributed by atoms with Gasteiger partial charge in [-0.2, -0.15) is 0 Å². The lowest BCUT2D eigenvalue weighted by molar-refractivity contribution is -0.970. The predicted octanol–water partition coefficient (Wildman–Crippen LogP) is -0.0654. The Bertz CT molecular complexity index is 473. The van der Waals surface area contributed by atoms with Crippen molar-refractivity contribution in [3.63, 3.8) is 0 Å². The van der Waals surface area contributed by atoms with Gasteiger partial charge in [-0.25, -0.2) is 0 Å². The van der Waals surface area contributed by atoms with Gasteiger partial charge in [0.2, 0.25) is 0 Å². The highest BCUT2D eigenvalue weighted by Gasteiger charge is 2.34. The van der Waals surface area contributed by atoms with E-state index in [4.69, 9.17) is 9.47 Å². The maximum Gasteiger partial charge on any atom is 0.118 e. The number of methoxy groups -OCH3 is 1. The number of morpholine rings is 1. The van der Waals surface area contributed by atoms with Gasteiger partial charge < -0.3 is 19.3 Å². The largest absolute Gasteiger partial charge is 0.497 e. The summed E-state index contributed by atoms with van der Waals surface area (Å²) < 4.78 is 11.1. The summed E-state index contributed by atoms with van der Waals surface area (Å²) in [4.78, 5) is 3.50. The molecule has 2 N–H and O–H groups in total. The van der Waals surface area contributed by atoms with Crippen LogP contribution in [0.3, 0.4) is 0 Å². The van der Waals surface area contributed by atoms with Gasteiger partial charge in [-0.05, 0) is 38.1 Å². The van der Waals surface area contributed by atoms with Gasteiger partial charge in [0.25, 0.3) is 0 Å². The maximum absolute atomic E-state index is 5.89. The molecular weight excluding hydrogens is 288 g/mol. The predicted molar refractivity (Wildman–Crippen MR) is 91.1 cm³/mol. The van der Waals surface area contributed by atoms with Crippen LogP contribution in [-0.2, 0) is 11.3 Å². The van der Waals surface area contributed by atoms with Crippen molar-refractivity contribution in [1.29, 1.82) is 0 Å². The monoisotopic (exact) mass is 320 g/mol. The maximum atomic E-state index is 5.89. The summed E-state index contributed by atoms with van der Waals surface area (Å²) in [5.41, 5.74) is 1.42. The Morgan fingerprint density at radius 3 is 2.22 bits per heavy atom. The van der Waals surface area contributed by atoms with Crippen LogP contribution in [-0.4, -0.2) is 51.5 Å². The van der Waals surface area contributed by atoms with Crippen LogP contribution < -0.4 is 14.5 Å². The van der Waals surface area contributed by atoms with Crippen molar-refractivity contribution in [3.05, 3.63) is 29.8 Å². The molecule has 3 rings (SSSR count). The molecule has 0 aromatic heterocycles. The Labute approximate surface area is 140 Å². The third-order valence-electron chi connectivity index (χ3n) is 5.45. The summed E-state index contributed by atoms with van der Waals surface area (Å²) in [6, 6.07) is 9.39. The van der Waals surface area contributed by atoms with Crippen molar-refractivity contribution in [2.75, 3.05) is 33.3 Å². The molecule has 1 aromatic rings. The van der Waals surface area contributed by atoms with E-state index in [0.29, 0.717) is 12.2 Å². The lowest BCUT2D eigenvalue weighted by Gasteiger charge is -2.39. The Hall–Kier alpha value is -1.10. The summed E-state index contributed by atoms with van der Waals surface area (Å²) in [7, 11) is 1.72. The number of piperidine rings is 1. The lowest BCUT2D eigenvalue weighted by Crippen LogP contribution is -3.22. The van der Waals surface area contributed by atoms with Crippen molar-refractivity contribution in [2.45, 2.75) is 51.5 Å². The molecule has 23 heavy (non-hydrogen) atoms. The number of benzene rings is 1. The molecule has 2 unspecified atom stereocenters. The van der Waals surface area contributed by atoms with Crippen molar-refractivity contribution in [3.8, 4) is 5.75 Å². The summed E-state index contributed by atoms with van der Waals surface area (Å²) in [5, 5.41) is 0. The number of likely N-dealkylation sites (tertiary alicyclic amines) is 1. The summed E-state index contributed by atoms with van der Waals surface area (Å²) in [6.45, 7) is 10.5. The molecule has 2 heterocycles. The van der Waals surface area contributed by atoms with E-state index in [0.717, 1.165) is 18.3 Å². The van der Waals surface area contributed by atoms with Crippen molar-refractivity contribution < 1.29 is 19.3 Å². The van der Waals surface area contributed by atoms with Crippen molar-refractivity contribution in [1.82, 2.24) is 0 Å². The van der Waals surface area contributed by atoms with Crippen LogP contribution in [0.1, 0.15) is 32.3 Å². The molecule has 0 amide bonds. The van der Waals surface area contributed by atoms with Gasteiger partial charge in [-0.3, -0.25) is 0 Å². The molecule has 0 radical (unpaired) electrons. The van der Waals surface area contributed by atoms with Gasteiger partial charge in [-0.1, -0.05) is 0 Å². The molecule has 0 aliphatic carbocycles. The number of hydrogen-bond donors (Lipinski definition) is 2. The molecule has 0 spiro atoms. The van der Waals surface area contributed by atoms with Crippen LogP contribution in [0.5, 0.6) is 5.75 Å². The normalized spacial score (nSPS) is 35.0. The summed E-state index contributed by atoms with van der Waals surface area (Å²) in [6.07, 6.45) is 3.53. The Kier molecular flexibility index (Phi) is 5.57. The second-order valence-electron chi connectivity index (χ2n) is 7.37. The summed E-state index contributed by atoms with van der Waals surface area (Å²) >= 11 is 0. The minimum absolute atomic E-state index is 0.415. The van der Waals surface area contributed by atoms with Gasteiger partial charge in [0.15, 0.2) is 0 Å². The van der Waals surface area contributed by atoms with E-state index in [9.17, 15) is 0 Å². The van der Waals surface area contributed by atoms with E-state index >= 15 is 0 Å². The van der Waals surface area contributed by atoms with E-state index < -0.39 is 0 Å². The first-order valence-corrected chi connectivity index (χ1v) is 9.10. The first-order chi connectivity index (χ1) is 11.1. The minimum atomic E-state index is 0.415. The molecule has 128 valence electrons. The number of ether oxygens (including phenoxy) is 2. The molecule has 2 saturated heterocycles. The van der Waals surface area contributed by atoms with Gasteiger partial charge in [0.1, 0.15) is 37.6 Å². The molecule has 2 aliphatic heterocycles. The Morgan fingerprint density at radius 2 is 1.65 bits per heavy atom. The molecule has 2 aliphatic rings. The third-order valence-corrected chi connectivity index (χ3v) is 5.45. The Morgan fingerprint density at radius 1 is 1.04 bits per heavy atom. The first-order valence-electron chi connectivity index (χ1n) is 9.10. The smallest absolute Gasteiger partial charge is 0.118 e. The van der Waals surface area contributed by atoms with Crippen LogP contribution in [0.4, 0.5) is 0 Å². The standard InChI is InChI=1S/C19H30N2O2/c1-15-12-21(13-16(2)23-15)18-8-10-20(11-9-18)14-17-4-6-19(22-3)7-5-17/h4-7,15-16,18H,8-14H2,1-3H3/p+2. The van der Waals surface area contributed by atoms with Gasteiger partial charge in [0, 0.05) is 18.4 Å². The van der Waals surface area contributed by atoms with Gasteiger partial charge in [-0.15, -0.1) is 0 Å². The minimum Gasteiger partial charge on any atom is -0.497 e. The Balaban J connectivity index is 1.48. The van der Waals surface area contributed by atoms with Crippen molar-refractivity contribution in [2.24, 2.45) is 0 Å². The van der Waals surface area contributed by atoms with Crippen LogP contribution in [0, 0.1) is 0 Å². The topological polar surface area (TPSA) is 27.3 Å². The van der Waals surface area contributed by atoms with Crippen LogP contribution in [0.2, 0.25) is 0 Å². The van der Waals surface area contributed by atoms with Gasteiger partial charge >= 0.3 is 0 Å². The zero-order valence-electron chi connectivity index (χ0n) is 14.8. The molecule has 2 atom stereocenters. The van der Waals surface area contributed by atoms with E-state index in [1.807, 2.05) is 0 Å². The number of hydrogen-bond acceptors (Lipinski definition) is 2. The van der Waals surface area contributed by atoms with Crippen LogP contribution in [0.15, 0.2) is 24.3 Å². The quantitative estimate of drug-likeness (QED) is 0.813. The van der Waals surface area contributed by atoms with E-state index in [-0.39, 0.29) is 0 Å². The van der Waals surface area contributed by atoms with Crippen molar-refractivity contribution >= 4 is 0 Å². The second-order valence-corrected chi connectivity index (χ2v) is 7.37. The number of nitrogens with one attached hydrogen (secondary N) is 2. The zero-order chi connectivity index (χ0) is 16.2. The van der Waals surface area contributed by atoms with E-state index in [2.05, 4.69) is 38.1 Å². The zero-order valence-corrected chi connectivity index (χ0v) is 14.8. The highest BCUT2D eigenvalue weighted by Crippen LogP contribution is 2.10. The fourth-order valence-electron chi connectivity index (χ4n) is 4.29. The fraction of sp³-hybridized carbons (Fsp3) is 0.684. The second kappa shape index (κ2) is 7.65. The molecule has 4 heteroatoms. The summed E-state index contributed by atoms with van der Waals surface area (Å²) in [5.74, 6) is 0.946. The third kappa shape index (κ3) is 4.46. The number of rotatable bonds is 4. The molecule has 1 aromatic carbocycles. The highest BCUT2D eigenvalue weighted by molar-refractivity contribution is 5.26. The average Bonchev–Trinajstić information content (AvgIpc) is 2.55. The van der Waals surface area contributed by atoms with E-state index in [1.165, 1.54) is 44.6 Å². The molecule has 0 saturated carbocycles. The molecular formula is C19H32N2O2+2. The van der Waals surface area contributed by atoms with Gasteiger partial charge in [0.05, 0.1) is 26.2 Å². The molecule has 0 bridgehead atoms. The average molecular weight is 320 g/mol. The number of quaternary nitrogens is 2. The van der Waals surface area contributed by atoms with Crippen LogP contribution >= 0.6 is 0 Å². The first kappa shape index (κ1) is 16.7. The molecule has 4 nitrogen and oxygen atoms in total. The van der Waals surface area contributed by atoms with E-state index in [1.54, 1.807) is 16.9 Å². The fourth-order valence-corrected chi connectivity index (χ4v) is 4.29. The van der Waals surface area contributed by atoms with Crippen LogP contribution in [0.25, 0.3) is 0 Å². The SMILES string of the molecule is COc1ccc(C[NH+]2CCC([NH+]3CC(C)OC(C)C3)CC2)cc1. The molecule has 2 fully saturated rings.